The molecule has 3 aliphatic heterocycles. The number of likely N-dealkylation sites (N-methyl/N-ethyl adjacent to an activating group) is 1. The molecule has 2 aromatic rings. The number of urea groups is 1. The van der Waals surface area contributed by atoms with Gasteiger partial charge >= 0.3 is 6.03 Å². The Balaban J connectivity index is 1.13. The molecule has 210 valence electrons. The average molecular weight is 554 g/mol. The summed E-state index contributed by atoms with van der Waals surface area (Å²) in [6.07, 6.45) is 5.67. The first kappa shape index (κ1) is 26.5. The number of piperidine rings is 1. The highest BCUT2D eigenvalue weighted by Gasteiger charge is 2.41. The Kier molecular flexibility index (Phi) is 7.24. The molecule has 1 aromatic carbocycles. The summed E-state index contributed by atoms with van der Waals surface area (Å²) in [5.74, 6) is 0.556. The van der Waals surface area contributed by atoms with Gasteiger partial charge in [-0.2, -0.15) is 0 Å². The highest BCUT2D eigenvalue weighted by molar-refractivity contribution is 7.90. The zero-order chi connectivity index (χ0) is 27.1. The molecule has 0 unspecified atom stereocenters. The van der Waals surface area contributed by atoms with Gasteiger partial charge in [0.25, 0.3) is 0 Å². The van der Waals surface area contributed by atoms with E-state index in [1.165, 1.54) is 0 Å². The van der Waals surface area contributed by atoms with Crippen LogP contribution in [-0.4, -0.2) is 101 Å². The molecule has 1 aromatic heterocycles. The number of carbonyl (C=O) groups is 1. The molecule has 6 rings (SSSR count). The summed E-state index contributed by atoms with van der Waals surface area (Å²) < 4.78 is 26.8. The van der Waals surface area contributed by atoms with E-state index in [-0.39, 0.29) is 29.4 Å². The van der Waals surface area contributed by atoms with Crippen molar-refractivity contribution in [2.45, 2.75) is 68.9 Å². The van der Waals surface area contributed by atoms with Crippen molar-refractivity contribution in [2.75, 3.05) is 45.1 Å². The predicted molar refractivity (Wildman–Crippen MR) is 150 cm³/mol. The van der Waals surface area contributed by atoms with Crippen molar-refractivity contribution in [3.63, 3.8) is 0 Å². The van der Waals surface area contributed by atoms with Gasteiger partial charge in [0, 0.05) is 51.0 Å². The highest BCUT2D eigenvalue weighted by atomic mass is 32.2. The Morgan fingerprint density at radius 3 is 2.46 bits per heavy atom. The smallest absolute Gasteiger partial charge is 0.321 e. The van der Waals surface area contributed by atoms with Crippen LogP contribution in [0.5, 0.6) is 0 Å². The number of sulfonamides is 1. The summed E-state index contributed by atoms with van der Waals surface area (Å²) >= 11 is 0. The molecule has 2 saturated heterocycles. The number of anilines is 1. The van der Waals surface area contributed by atoms with Crippen LogP contribution in [0, 0.1) is 0 Å². The minimum Gasteiger partial charge on any atom is -0.351 e. The number of aromatic nitrogens is 2. The van der Waals surface area contributed by atoms with Crippen LogP contribution in [0.2, 0.25) is 0 Å². The Morgan fingerprint density at radius 2 is 1.74 bits per heavy atom. The van der Waals surface area contributed by atoms with Crippen LogP contribution in [0.15, 0.2) is 36.5 Å². The summed E-state index contributed by atoms with van der Waals surface area (Å²) in [6, 6.07) is 10.6. The van der Waals surface area contributed by atoms with Crippen molar-refractivity contribution in [1.82, 2.24) is 29.0 Å². The molecular formula is C28H39N7O3S. The van der Waals surface area contributed by atoms with Crippen LogP contribution < -0.4 is 5.32 Å². The molecule has 4 heterocycles. The number of benzene rings is 1. The number of nitrogens with one attached hydrogen (secondary N) is 1. The van der Waals surface area contributed by atoms with Crippen LogP contribution in [0.1, 0.15) is 55.5 Å². The topological polar surface area (TPSA) is 102 Å². The lowest BCUT2D eigenvalue weighted by Crippen LogP contribution is -2.56. The number of hydrogen-bond donors (Lipinski definition) is 1. The van der Waals surface area contributed by atoms with Crippen molar-refractivity contribution < 1.29 is 13.2 Å². The molecule has 2 amide bonds. The molecule has 1 saturated carbocycles. The van der Waals surface area contributed by atoms with Gasteiger partial charge < -0.3 is 20.0 Å². The third-order valence-electron chi connectivity index (χ3n) is 8.67. The van der Waals surface area contributed by atoms with Crippen LogP contribution in [0.25, 0.3) is 0 Å². The Labute approximate surface area is 231 Å². The van der Waals surface area contributed by atoms with E-state index in [1.807, 2.05) is 34.2 Å². The van der Waals surface area contributed by atoms with E-state index in [9.17, 15) is 13.2 Å². The minimum atomic E-state index is -3.12. The lowest BCUT2D eigenvalue weighted by Gasteiger charge is -2.44. The van der Waals surface area contributed by atoms with Gasteiger partial charge in [-0.15, -0.1) is 0 Å². The summed E-state index contributed by atoms with van der Waals surface area (Å²) in [4.78, 5) is 29.6. The van der Waals surface area contributed by atoms with Gasteiger partial charge in [0.05, 0.1) is 23.5 Å². The largest absolute Gasteiger partial charge is 0.351 e. The van der Waals surface area contributed by atoms with Crippen molar-refractivity contribution in [2.24, 2.45) is 0 Å². The third-order valence-corrected chi connectivity index (χ3v) is 11.1. The molecule has 10 nitrogen and oxygen atoms in total. The molecular weight excluding hydrogens is 514 g/mol. The Hall–Kier alpha value is -2.76. The maximum Gasteiger partial charge on any atom is 0.321 e. The molecule has 11 heteroatoms. The molecule has 0 radical (unpaired) electrons. The van der Waals surface area contributed by atoms with E-state index in [1.54, 1.807) is 4.31 Å². The first-order valence-electron chi connectivity index (χ1n) is 14.2. The normalized spacial score (nSPS) is 25.4. The minimum absolute atomic E-state index is 0.0169. The Morgan fingerprint density at radius 1 is 1.00 bits per heavy atom. The zero-order valence-electron chi connectivity index (χ0n) is 22.9. The quantitative estimate of drug-likeness (QED) is 0.608. The monoisotopic (exact) mass is 553 g/mol. The first-order valence-corrected chi connectivity index (χ1v) is 15.7. The van der Waals surface area contributed by atoms with Gasteiger partial charge in [0.1, 0.15) is 0 Å². The molecule has 1 N–H and O–H groups in total. The van der Waals surface area contributed by atoms with E-state index in [2.05, 4.69) is 41.3 Å². The molecule has 0 spiro atoms. The van der Waals surface area contributed by atoms with Gasteiger partial charge in [0.15, 0.2) is 0 Å². The SMILES string of the molecule is C[C@@H]1Cc2cnc(NC3CCN(S(=O)(=O)C4CC4)CC3)nc2CN1C(=O)N1CCN(C)C[C@@H]1c1ccccc1. The standard InChI is InChI=1S/C28H39N7O3S/c1-20-16-22-17-29-27(30-23-10-12-33(13-11-23)39(37,38)24-8-9-24)31-25(22)18-35(20)28(36)34-15-14-32(2)19-26(34)21-6-4-3-5-7-21/h3-7,17,20,23-24,26H,8-16,18-19H2,1-2H3,(H,29,30,31)/t20-,26-/m1/s1. The van der Waals surface area contributed by atoms with E-state index >= 15 is 0 Å². The maximum atomic E-state index is 14.0. The summed E-state index contributed by atoms with van der Waals surface area (Å²) in [5, 5.41) is 3.28. The summed E-state index contributed by atoms with van der Waals surface area (Å²) in [7, 11) is -1.01. The number of carbonyl (C=O) groups excluding carboxylic acids is 1. The number of amides is 2. The van der Waals surface area contributed by atoms with Crippen LogP contribution >= 0.6 is 0 Å². The van der Waals surface area contributed by atoms with Crippen LogP contribution in [0.3, 0.4) is 0 Å². The molecule has 3 fully saturated rings. The van der Waals surface area contributed by atoms with Gasteiger partial charge in [-0.25, -0.2) is 27.5 Å². The second kappa shape index (κ2) is 10.7. The van der Waals surface area contributed by atoms with Gasteiger partial charge in [-0.05, 0) is 57.2 Å². The molecule has 39 heavy (non-hydrogen) atoms. The maximum absolute atomic E-state index is 14.0. The number of hydrogen-bond acceptors (Lipinski definition) is 7. The second-order valence-electron chi connectivity index (χ2n) is 11.6. The number of nitrogens with zero attached hydrogens (tertiary/aromatic N) is 6. The van der Waals surface area contributed by atoms with Crippen LogP contribution in [0.4, 0.5) is 10.7 Å². The van der Waals surface area contributed by atoms with Gasteiger partial charge in [0.2, 0.25) is 16.0 Å². The van der Waals surface area contributed by atoms with Crippen molar-refractivity contribution in [3.05, 3.63) is 53.3 Å². The average Bonchev–Trinajstić information content (AvgIpc) is 3.80. The highest BCUT2D eigenvalue weighted by Crippen LogP contribution is 2.33. The van der Waals surface area contributed by atoms with Crippen molar-refractivity contribution in [3.8, 4) is 0 Å². The molecule has 1 aliphatic carbocycles. The number of piperazine rings is 1. The fraction of sp³-hybridized carbons (Fsp3) is 0.607. The Bertz CT molecular complexity index is 1300. The van der Waals surface area contributed by atoms with E-state index in [4.69, 9.17) is 4.98 Å². The van der Waals surface area contributed by atoms with E-state index in [0.717, 1.165) is 62.0 Å². The third kappa shape index (κ3) is 5.49. The van der Waals surface area contributed by atoms with Crippen LogP contribution in [-0.2, 0) is 23.0 Å². The second-order valence-corrected chi connectivity index (χ2v) is 13.8. The van der Waals surface area contributed by atoms with Gasteiger partial charge in [-0.3, -0.25) is 0 Å². The number of rotatable bonds is 5. The van der Waals surface area contributed by atoms with Crippen molar-refractivity contribution in [1.29, 1.82) is 0 Å². The zero-order valence-corrected chi connectivity index (χ0v) is 23.7. The summed E-state index contributed by atoms with van der Waals surface area (Å²) in [5.41, 5.74) is 3.13. The summed E-state index contributed by atoms with van der Waals surface area (Å²) in [6.45, 7) is 5.99. The van der Waals surface area contributed by atoms with E-state index < -0.39 is 10.0 Å². The number of fused-ring (bicyclic) bond motifs is 1. The molecule has 4 aliphatic rings. The first-order chi connectivity index (χ1) is 18.8. The fourth-order valence-electron chi connectivity index (χ4n) is 6.11. The lowest BCUT2D eigenvalue weighted by atomic mass is 9.99. The van der Waals surface area contributed by atoms with Crippen molar-refractivity contribution >= 4 is 22.0 Å². The van der Waals surface area contributed by atoms with E-state index in [0.29, 0.717) is 32.1 Å². The molecule has 0 bridgehead atoms. The lowest BCUT2D eigenvalue weighted by molar-refractivity contribution is 0.0717. The van der Waals surface area contributed by atoms with Gasteiger partial charge in [-0.1, -0.05) is 30.3 Å². The predicted octanol–water partition coefficient (Wildman–Crippen LogP) is 2.70. The molecule has 2 atom stereocenters. The fourth-order valence-corrected chi connectivity index (χ4v) is 7.98.